The summed E-state index contributed by atoms with van der Waals surface area (Å²) in [6, 6.07) is 17.0. The molecular formula is C20H19BrN2O3S2. The van der Waals surface area contributed by atoms with Crippen LogP contribution in [0.4, 0.5) is 5.69 Å². The van der Waals surface area contributed by atoms with E-state index in [0.717, 1.165) is 26.9 Å². The fourth-order valence-electron chi connectivity index (χ4n) is 2.65. The molecule has 8 heteroatoms. The molecule has 2 aromatic carbocycles. The van der Waals surface area contributed by atoms with E-state index in [2.05, 4.69) is 26.0 Å². The van der Waals surface area contributed by atoms with E-state index < -0.39 is 22.0 Å². The molecule has 3 rings (SSSR count). The Hall–Kier alpha value is -2.00. The number of hydrogen-bond donors (Lipinski definition) is 2. The third kappa shape index (κ3) is 5.29. The first-order chi connectivity index (χ1) is 13.3. The predicted molar refractivity (Wildman–Crippen MR) is 116 cm³/mol. The van der Waals surface area contributed by atoms with Crippen molar-refractivity contribution < 1.29 is 13.2 Å². The van der Waals surface area contributed by atoms with Gasteiger partial charge in [0, 0.05) is 10.2 Å². The van der Waals surface area contributed by atoms with E-state index in [-0.39, 0.29) is 10.6 Å². The number of rotatable bonds is 7. The quantitative estimate of drug-likeness (QED) is 0.529. The van der Waals surface area contributed by atoms with E-state index in [1.807, 2.05) is 49.4 Å². The SMILES string of the molecule is Cc1cc(NC(=O)C(Cc2ccccc2)NS(=O)(=O)c2cccs2)ccc1Br. The average Bonchev–Trinajstić information content (AvgIpc) is 3.21. The van der Waals surface area contributed by atoms with Crippen molar-refractivity contribution in [2.24, 2.45) is 0 Å². The van der Waals surface area contributed by atoms with Gasteiger partial charge in [-0.15, -0.1) is 11.3 Å². The number of benzene rings is 2. The number of carbonyl (C=O) groups excluding carboxylic acids is 1. The van der Waals surface area contributed by atoms with Gasteiger partial charge < -0.3 is 5.32 Å². The summed E-state index contributed by atoms with van der Waals surface area (Å²) in [7, 11) is -3.79. The number of carbonyl (C=O) groups is 1. The third-order valence-electron chi connectivity index (χ3n) is 4.08. The van der Waals surface area contributed by atoms with Crippen LogP contribution in [0.2, 0.25) is 0 Å². The molecule has 28 heavy (non-hydrogen) atoms. The van der Waals surface area contributed by atoms with Gasteiger partial charge in [-0.2, -0.15) is 4.72 Å². The second-order valence-electron chi connectivity index (χ2n) is 6.25. The highest BCUT2D eigenvalue weighted by Crippen LogP contribution is 2.21. The highest BCUT2D eigenvalue weighted by molar-refractivity contribution is 9.10. The van der Waals surface area contributed by atoms with Crippen LogP contribution in [0.25, 0.3) is 0 Å². The van der Waals surface area contributed by atoms with Crippen molar-refractivity contribution in [3.8, 4) is 0 Å². The van der Waals surface area contributed by atoms with Crippen molar-refractivity contribution >= 4 is 48.9 Å². The molecule has 146 valence electrons. The van der Waals surface area contributed by atoms with Crippen molar-refractivity contribution in [3.05, 3.63) is 81.6 Å². The zero-order chi connectivity index (χ0) is 20.1. The van der Waals surface area contributed by atoms with Crippen LogP contribution < -0.4 is 10.0 Å². The van der Waals surface area contributed by atoms with Gasteiger partial charge in [-0.3, -0.25) is 4.79 Å². The first-order valence-corrected chi connectivity index (χ1v) is 11.7. The number of amides is 1. The monoisotopic (exact) mass is 478 g/mol. The Morgan fingerprint density at radius 2 is 1.86 bits per heavy atom. The van der Waals surface area contributed by atoms with Gasteiger partial charge in [-0.1, -0.05) is 52.3 Å². The molecule has 1 unspecified atom stereocenters. The van der Waals surface area contributed by atoms with Crippen molar-refractivity contribution in [1.82, 2.24) is 4.72 Å². The molecule has 3 aromatic rings. The van der Waals surface area contributed by atoms with Gasteiger partial charge in [0.25, 0.3) is 10.0 Å². The summed E-state index contributed by atoms with van der Waals surface area (Å²) >= 11 is 4.54. The topological polar surface area (TPSA) is 75.3 Å². The molecule has 1 heterocycles. The summed E-state index contributed by atoms with van der Waals surface area (Å²) in [5, 5.41) is 4.50. The van der Waals surface area contributed by atoms with E-state index in [1.54, 1.807) is 17.5 Å². The Morgan fingerprint density at radius 1 is 1.11 bits per heavy atom. The number of nitrogens with one attached hydrogen (secondary N) is 2. The predicted octanol–water partition coefficient (Wildman–Crippen LogP) is 4.35. The van der Waals surface area contributed by atoms with Crippen molar-refractivity contribution in [2.75, 3.05) is 5.32 Å². The van der Waals surface area contributed by atoms with Crippen LogP contribution in [-0.2, 0) is 21.2 Å². The summed E-state index contributed by atoms with van der Waals surface area (Å²) < 4.78 is 29.0. The summed E-state index contributed by atoms with van der Waals surface area (Å²) in [5.74, 6) is -0.411. The lowest BCUT2D eigenvalue weighted by Crippen LogP contribution is -2.45. The number of anilines is 1. The average molecular weight is 479 g/mol. The van der Waals surface area contributed by atoms with Crippen LogP contribution >= 0.6 is 27.3 Å². The number of sulfonamides is 1. The molecule has 0 spiro atoms. The maximum Gasteiger partial charge on any atom is 0.250 e. The fourth-order valence-corrected chi connectivity index (χ4v) is 5.10. The van der Waals surface area contributed by atoms with Gasteiger partial charge in [0.1, 0.15) is 10.3 Å². The molecule has 0 saturated carbocycles. The van der Waals surface area contributed by atoms with Crippen molar-refractivity contribution in [2.45, 2.75) is 23.6 Å². The second kappa shape index (κ2) is 9.00. The Morgan fingerprint density at radius 3 is 2.50 bits per heavy atom. The van der Waals surface area contributed by atoms with Crippen molar-refractivity contribution in [1.29, 1.82) is 0 Å². The molecule has 0 aliphatic heterocycles. The first kappa shape index (κ1) is 20.7. The Balaban J connectivity index is 1.84. The van der Waals surface area contributed by atoms with Gasteiger partial charge in [0.15, 0.2) is 0 Å². The van der Waals surface area contributed by atoms with E-state index in [4.69, 9.17) is 0 Å². The molecule has 0 radical (unpaired) electrons. The molecule has 0 fully saturated rings. The summed E-state index contributed by atoms with van der Waals surface area (Å²) in [4.78, 5) is 12.9. The number of hydrogen-bond acceptors (Lipinski definition) is 4. The van der Waals surface area contributed by atoms with Crippen LogP contribution in [0.3, 0.4) is 0 Å². The highest BCUT2D eigenvalue weighted by Gasteiger charge is 2.27. The number of aryl methyl sites for hydroxylation is 1. The van der Waals surface area contributed by atoms with Crippen LogP contribution in [0.15, 0.2) is 74.7 Å². The summed E-state index contributed by atoms with van der Waals surface area (Å²) in [6.07, 6.45) is 0.243. The van der Waals surface area contributed by atoms with Crippen LogP contribution in [0, 0.1) is 6.92 Å². The van der Waals surface area contributed by atoms with Gasteiger partial charge in [0.2, 0.25) is 5.91 Å². The van der Waals surface area contributed by atoms with E-state index in [9.17, 15) is 13.2 Å². The molecule has 0 saturated heterocycles. The molecule has 0 aliphatic rings. The smallest absolute Gasteiger partial charge is 0.250 e. The van der Waals surface area contributed by atoms with E-state index >= 15 is 0 Å². The van der Waals surface area contributed by atoms with E-state index in [0.29, 0.717) is 5.69 Å². The molecule has 5 nitrogen and oxygen atoms in total. The summed E-state index contributed by atoms with van der Waals surface area (Å²) in [6.45, 7) is 1.92. The molecule has 1 amide bonds. The van der Waals surface area contributed by atoms with Crippen LogP contribution in [0.5, 0.6) is 0 Å². The molecular weight excluding hydrogens is 460 g/mol. The van der Waals surface area contributed by atoms with Gasteiger partial charge in [-0.25, -0.2) is 8.42 Å². The lowest BCUT2D eigenvalue weighted by atomic mass is 10.1. The lowest BCUT2D eigenvalue weighted by Gasteiger charge is -2.18. The van der Waals surface area contributed by atoms with Crippen LogP contribution in [0.1, 0.15) is 11.1 Å². The number of halogens is 1. The standard InChI is InChI=1S/C20H19BrN2O3S2/c1-14-12-16(9-10-17(14)21)22-20(24)18(13-15-6-3-2-4-7-15)23-28(25,26)19-8-5-11-27-19/h2-12,18,23H,13H2,1H3,(H,22,24). The Kier molecular flexibility index (Phi) is 6.66. The van der Waals surface area contributed by atoms with Gasteiger partial charge in [-0.05, 0) is 54.1 Å². The van der Waals surface area contributed by atoms with E-state index in [1.165, 1.54) is 6.07 Å². The lowest BCUT2D eigenvalue weighted by molar-refractivity contribution is -0.117. The maximum absolute atomic E-state index is 12.9. The molecule has 0 bridgehead atoms. The zero-order valence-corrected chi connectivity index (χ0v) is 18.3. The minimum absolute atomic E-state index is 0.179. The largest absolute Gasteiger partial charge is 0.325 e. The minimum atomic E-state index is -3.79. The molecule has 1 aromatic heterocycles. The third-order valence-corrected chi connectivity index (χ3v) is 7.84. The minimum Gasteiger partial charge on any atom is -0.325 e. The Bertz CT molecular complexity index is 1050. The highest BCUT2D eigenvalue weighted by atomic mass is 79.9. The molecule has 2 N–H and O–H groups in total. The normalized spacial score (nSPS) is 12.5. The molecule has 1 atom stereocenters. The fraction of sp³-hybridized carbons (Fsp3) is 0.150. The van der Waals surface area contributed by atoms with Crippen molar-refractivity contribution in [3.63, 3.8) is 0 Å². The number of thiophene rings is 1. The summed E-state index contributed by atoms with van der Waals surface area (Å²) in [5.41, 5.74) is 2.44. The van der Waals surface area contributed by atoms with Gasteiger partial charge in [0.05, 0.1) is 0 Å². The van der Waals surface area contributed by atoms with Gasteiger partial charge >= 0.3 is 0 Å². The first-order valence-electron chi connectivity index (χ1n) is 8.52. The second-order valence-corrected chi connectivity index (χ2v) is 9.99. The zero-order valence-electron chi connectivity index (χ0n) is 15.1. The van der Waals surface area contributed by atoms with Crippen LogP contribution in [-0.4, -0.2) is 20.4 Å². The maximum atomic E-state index is 12.9. The molecule has 0 aliphatic carbocycles. The Labute approximate surface area is 177 Å².